The van der Waals surface area contributed by atoms with E-state index in [-0.39, 0.29) is 5.56 Å². The largest absolute Gasteiger partial charge is 0.494 e. The Morgan fingerprint density at radius 3 is 2.42 bits per heavy atom. The molecule has 218 valence electrons. The van der Waals surface area contributed by atoms with E-state index in [1.54, 1.807) is 0 Å². The first-order valence-electron chi connectivity index (χ1n) is 14.4. The van der Waals surface area contributed by atoms with Crippen molar-refractivity contribution in [2.24, 2.45) is 5.92 Å². The maximum absolute atomic E-state index is 13.5. The van der Waals surface area contributed by atoms with Gasteiger partial charge in [0.05, 0.1) is 23.4 Å². The molecule has 6 aromatic rings. The van der Waals surface area contributed by atoms with Crippen molar-refractivity contribution >= 4 is 22.4 Å². The van der Waals surface area contributed by atoms with Gasteiger partial charge < -0.3 is 9.47 Å². The Morgan fingerprint density at radius 2 is 1.72 bits per heavy atom. The van der Waals surface area contributed by atoms with Gasteiger partial charge in [-0.15, -0.1) is 5.10 Å². The normalized spacial score (nSPS) is 12.0. The van der Waals surface area contributed by atoms with E-state index in [0.717, 1.165) is 51.6 Å². The molecule has 0 aliphatic carbocycles. The lowest BCUT2D eigenvalue weighted by Gasteiger charge is -2.12. The Labute approximate surface area is 253 Å². The summed E-state index contributed by atoms with van der Waals surface area (Å²) in [6.07, 6.45) is 4.77. The van der Waals surface area contributed by atoms with Crippen LogP contribution in [0.1, 0.15) is 38.3 Å². The van der Waals surface area contributed by atoms with Gasteiger partial charge in [-0.05, 0) is 85.5 Å². The highest BCUT2D eigenvalue weighted by molar-refractivity contribution is 7.15. The summed E-state index contributed by atoms with van der Waals surface area (Å²) in [5.74, 6) is 2.60. The second-order valence-corrected chi connectivity index (χ2v) is 11.8. The molecule has 0 saturated carbocycles. The molecular formula is C34H33N5O3S. The highest BCUT2D eigenvalue weighted by atomic mass is 32.1. The predicted molar refractivity (Wildman–Crippen MR) is 171 cm³/mol. The first kappa shape index (κ1) is 28.4. The second-order valence-electron chi connectivity index (χ2n) is 10.8. The standard InChI is InChI=1S/C34H33N5O3S/c1-5-17-41-28-14-11-24(12-15-28)32-35-34-39(37-32)33(40)30(43-34)19-26-20-38(27-9-7-6-8-10-27)36-31(26)25-13-16-29(23(4)18-25)42-21-22(2)3/h6-16,18-20,22H,5,17,21H2,1-4H3/b30-19-. The SMILES string of the molecule is CCCOc1ccc(-c2nc3s/c(=C\c4cn(-c5ccccc5)nc4-c4ccc(OCC(C)C)c(C)c4)c(=O)n3n2)cc1. The topological polar surface area (TPSA) is 83.5 Å². The van der Waals surface area contributed by atoms with Crippen LogP contribution in [0, 0.1) is 12.8 Å². The zero-order valence-electron chi connectivity index (χ0n) is 24.7. The van der Waals surface area contributed by atoms with Crippen LogP contribution in [0.4, 0.5) is 0 Å². The number of rotatable bonds is 10. The number of hydrogen-bond acceptors (Lipinski definition) is 7. The zero-order chi connectivity index (χ0) is 29.9. The molecule has 9 heteroatoms. The number of nitrogens with zero attached hydrogens (tertiary/aromatic N) is 5. The van der Waals surface area contributed by atoms with E-state index in [1.807, 2.05) is 90.6 Å². The Kier molecular flexibility index (Phi) is 8.07. The maximum atomic E-state index is 13.5. The Balaban J connectivity index is 1.38. The summed E-state index contributed by atoms with van der Waals surface area (Å²) in [5.41, 5.74) is 5.10. The van der Waals surface area contributed by atoms with Gasteiger partial charge in [-0.25, -0.2) is 4.68 Å². The van der Waals surface area contributed by atoms with E-state index >= 15 is 0 Å². The van der Waals surface area contributed by atoms with Crippen LogP contribution in [-0.4, -0.2) is 37.6 Å². The van der Waals surface area contributed by atoms with E-state index in [9.17, 15) is 4.79 Å². The summed E-state index contributed by atoms with van der Waals surface area (Å²) in [7, 11) is 0. The lowest BCUT2D eigenvalue weighted by molar-refractivity contribution is 0.269. The molecule has 3 heterocycles. The Hall–Kier alpha value is -4.76. The van der Waals surface area contributed by atoms with Gasteiger partial charge in [0.2, 0.25) is 4.96 Å². The second kappa shape index (κ2) is 12.2. The van der Waals surface area contributed by atoms with E-state index in [4.69, 9.17) is 14.6 Å². The third-order valence-electron chi connectivity index (χ3n) is 6.84. The molecule has 3 aromatic heterocycles. The number of thiazole rings is 1. The molecule has 3 aromatic carbocycles. The molecule has 8 nitrogen and oxygen atoms in total. The molecular weight excluding hydrogens is 558 g/mol. The highest BCUT2D eigenvalue weighted by Crippen LogP contribution is 2.29. The van der Waals surface area contributed by atoms with Gasteiger partial charge in [-0.3, -0.25) is 4.79 Å². The van der Waals surface area contributed by atoms with Gasteiger partial charge in [0, 0.05) is 22.9 Å². The highest BCUT2D eigenvalue weighted by Gasteiger charge is 2.16. The molecule has 0 fully saturated rings. The van der Waals surface area contributed by atoms with Gasteiger partial charge >= 0.3 is 0 Å². The first-order chi connectivity index (χ1) is 20.9. The molecule has 43 heavy (non-hydrogen) atoms. The number of para-hydroxylation sites is 1. The molecule has 0 bridgehead atoms. The summed E-state index contributed by atoms with van der Waals surface area (Å²) in [6.45, 7) is 9.69. The first-order valence-corrected chi connectivity index (χ1v) is 15.2. The Bertz CT molecular complexity index is 1970. The van der Waals surface area contributed by atoms with Gasteiger partial charge in [0.15, 0.2) is 5.82 Å². The average molecular weight is 592 g/mol. The van der Waals surface area contributed by atoms with E-state index < -0.39 is 0 Å². The van der Waals surface area contributed by atoms with Crippen molar-refractivity contribution in [1.29, 1.82) is 0 Å². The fraction of sp³-hybridized carbons (Fsp3) is 0.235. The fourth-order valence-corrected chi connectivity index (χ4v) is 5.56. The average Bonchev–Trinajstić information content (AvgIpc) is 3.71. The van der Waals surface area contributed by atoms with Gasteiger partial charge in [0.1, 0.15) is 17.2 Å². The van der Waals surface area contributed by atoms with Crippen molar-refractivity contribution in [3.63, 3.8) is 0 Å². The number of aromatic nitrogens is 5. The van der Waals surface area contributed by atoms with Gasteiger partial charge in [0.25, 0.3) is 5.56 Å². The van der Waals surface area contributed by atoms with Crippen LogP contribution in [0.25, 0.3) is 39.4 Å². The molecule has 6 rings (SSSR count). The number of benzene rings is 3. The minimum Gasteiger partial charge on any atom is -0.494 e. The summed E-state index contributed by atoms with van der Waals surface area (Å²) in [6, 6.07) is 23.6. The van der Waals surface area contributed by atoms with Crippen molar-refractivity contribution < 1.29 is 9.47 Å². The van der Waals surface area contributed by atoms with Gasteiger partial charge in [-0.1, -0.05) is 50.3 Å². The lowest BCUT2D eigenvalue weighted by atomic mass is 10.0. The molecule has 0 aliphatic rings. The summed E-state index contributed by atoms with van der Waals surface area (Å²) in [5, 5.41) is 9.47. The molecule has 0 radical (unpaired) electrons. The fourth-order valence-electron chi connectivity index (χ4n) is 4.66. The van der Waals surface area contributed by atoms with Crippen LogP contribution in [-0.2, 0) is 0 Å². The third kappa shape index (κ3) is 6.08. The van der Waals surface area contributed by atoms with Crippen LogP contribution in [0.2, 0.25) is 0 Å². The summed E-state index contributed by atoms with van der Waals surface area (Å²) < 4.78 is 15.4. The van der Waals surface area contributed by atoms with E-state index in [1.165, 1.54) is 15.9 Å². The van der Waals surface area contributed by atoms with Crippen molar-refractivity contribution in [1.82, 2.24) is 24.4 Å². The summed E-state index contributed by atoms with van der Waals surface area (Å²) >= 11 is 1.31. The maximum Gasteiger partial charge on any atom is 0.291 e. The number of ether oxygens (including phenoxy) is 2. The minimum absolute atomic E-state index is 0.214. The summed E-state index contributed by atoms with van der Waals surface area (Å²) in [4.78, 5) is 18.7. The molecule has 0 aliphatic heterocycles. The van der Waals surface area contributed by atoms with E-state index in [2.05, 4.69) is 36.9 Å². The molecule has 0 saturated heterocycles. The van der Waals surface area contributed by atoms with Crippen molar-refractivity contribution in [2.75, 3.05) is 13.2 Å². The molecule has 0 spiro atoms. The van der Waals surface area contributed by atoms with Crippen molar-refractivity contribution in [3.8, 4) is 39.8 Å². The van der Waals surface area contributed by atoms with Crippen LogP contribution < -0.4 is 19.6 Å². The quantitative estimate of drug-likeness (QED) is 0.185. The lowest BCUT2D eigenvalue weighted by Crippen LogP contribution is -2.23. The number of hydrogen-bond donors (Lipinski definition) is 0. The van der Waals surface area contributed by atoms with E-state index in [0.29, 0.717) is 34.4 Å². The van der Waals surface area contributed by atoms with Gasteiger partial charge in [-0.2, -0.15) is 14.6 Å². The zero-order valence-corrected chi connectivity index (χ0v) is 25.5. The minimum atomic E-state index is -0.214. The monoisotopic (exact) mass is 591 g/mol. The number of fused-ring (bicyclic) bond motifs is 1. The molecule has 0 N–H and O–H groups in total. The van der Waals surface area contributed by atoms with Crippen LogP contribution in [0.5, 0.6) is 11.5 Å². The van der Waals surface area contributed by atoms with Crippen molar-refractivity contribution in [2.45, 2.75) is 34.1 Å². The molecule has 0 amide bonds. The van der Waals surface area contributed by atoms with Crippen LogP contribution >= 0.6 is 11.3 Å². The third-order valence-corrected chi connectivity index (χ3v) is 7.80. The Morgan fingerprint density at radius 1 is 0.953 bits per heavy atom. The van der Waals surface area contributed by atoms with Crippen molar-refractivity contribution in [3.05, 3.63) is 105 Å². The van der Waals surface area contributed by atoms with Crippen LogP contribution in [0.3, 0.4) is 0 Å². The smallest absolute Gasteiger partial charge is 0.291 e. The molecule has 0 atom stereocenters. The number of aryl methyl sites for hydroxylation is 1. The predicted octanol–water partition coefficient (Wildman–Crippen LogP) is 6.35. The molecule has 0 unspecified atom stereocenters. The van der Waals surface area contributed by atoms with Crippen LogP contribution in [0.15, 0.2) is 83.8 Å².